The van der Waals surface area contributed by atoms with Gasteiger partial charge in [0.25, 0.3) is 0 Å². The third kappa shape index (κ3) is 4.43. The molecule has 2 aromatic rings. The molecule has 1 saturated carbocycles. The maximum absolute atomic E-state index is 12.6. The highest BCUT2D eigenvalue weighted by molar-refractivity contribution is 5.74. The number of piperidine rings is 1. The number of benzene rings is 1. The van der Waals surface area contributed by atoms with E-state index in [1.54, 1.807) is 7.11 Å². The minimum absolute atomic E-state index is 0.0100. The number of ether oxygens (including phenoxy) is 1. The highest BCUT2D eigenvalue weighted by atomic mass is 16.5. The summed E-state index contributed by atoms with van der Waals surface area (Å²) < 4.78 is 7.48. The maximum atomic E-state index is 12.6. The second kappa shape index (κ2) is 8.03. The van der Waals surface area contributed by atoms with Crippen LogP contribution in [0.5, 0.6) is 5.75 Å². The molecule has 1 aromatic heterocycles. The minimum atomic E-state index is 0.0100. The first kappa shape index (κ1) is 17.9. The fraction of sp³-hybridized carbons (Fsp3) is 0.524. The molecule has 6 heteroatoms. The van der Waals surface area contributed by atoms with Crippen LogP contribution in [-0.2, 0) is 13.1 Å². The smallest absolute Gasteiger partial charge is 0.317 e. The van der Waals surface area contributed by atoms with E-state index in [2.05, 4.69) is 21.1 Å². The zero-order valence-electron chi connectivity index (χ0n) is 15.9. The molecule has 144 valence electrons. The highest BCUT2D eigenvalue weighted by Crippen LogP contribution is 2.33. The first-order chi connectivity index (χ1) is 13.2. The van der Waals surface area contributed by atoms with Crippen LogP contribution in [0.1, 0.15) is 43.0 Å². The van der Waals surface area contributed by atoms with Crippen LogP contribution in [-0.4, -0.2) is 40.7 Å². The number of nitrogens with one attached hydrogen (secondary N) is 1. The number of aromatic nitrogens is 2. The number of carbonyl (C=O) groups excluding carboxylic acids is 1. The van der Waals surface area contributed by atoms with Crippen molar-refractivity contribution in [3.8, 4) is 5.75 Å². The van der Waals surface area contributed by atoms with Crippen molar-refractivity contribution in [3.63, 3.8) is 0 Å². The van der Waals surface area contributed by atoms with Gasteiger partial charge in [-0.2, -0.15) is 0 Å². The third-order valence-corrected chi connectivity index (χ3v) is 5.58. The lowest BCUT2D eigenvalue weighted by Crippen LogP contribution is -2.45. The molecular formula is C21H28N4O2. The van der Waals surface area contributed by atoms with Crippen LogP contribution in [0, 0.1) is 5.92 Å². The lowest BCUT2D eigenvalue weighted by molar-refractivity contribution is 0.177. The second-order valence-electron chi connectivity index (χ2n) is 7.67. The van der Waals surface area contributed by atoms with Crippen LogP contribution >= 0.6 is 0 Å². The number of carbonyl (C=O) groups is 1. The van der Waals surface area contributed by atoms with Crippen molar-refractivity contribution in [1.82, 2.24) is 19.8 Å². The minimum Gasteiger partial charge on any atom is -0.497 e. The van der Waals surface area contributed by atoms with Gasteiger partial charge in [-0.25, -0.2) is 9.78 Å². The van der Waals surface area contributed by atoms with E-state index < -0.39 is 0 Å². The molecule has 2 amide bonds. The summed E-state index contributed by atoms with van der Waals surface area (Å²) in [6.45, 7) is 3.17. The van der Waals surface area contributed by atoms with Gasteiger partial charge in [-0.3, -0.25) is 0 Å². The topological polar surface area (TPSA) is 59.4 Å². The monoisotopic (exact) mass is 368 g/mol. The number of amides is 2. The summed E-state index contributed by atoms with van der Waals surface area (Å²) in [5.41, 5.74) is 1.07. The van der Waals surface area contributed by atoms with Crippen molar-refractivity contribution >= 4 is 6.03 Å². The molecule has 2 fully saturated rings. The van der Waals surface area contributed by atoms with Crippen LogP contribution in [0.15, 0.2) is 36.7 Å². The first-order valence-corrected chi connectivity index (χ1v) is 9.89. The van der Waals surface area contributed by atoms with E-state index in [9.17, 15) is 4.79 Å². The van der Waals surface area contributed by atoms with Gasteiger partial charge >= 0.3 is 6.03 Å². The zero-order valence-corrected chi connectivity index (χ0v) is 15.9. The number of likely N-dealkylation sites (tertiary alicyclic amines) is 1. The van der Waals surface area contributed by atoms with Crippen molar-refractivity contribution in [2.45, 2.75) is 44.7 Å². The number of imidazole rings is 1. The number of hydrogen-bond donors (Lipinski definition) is 1. The molecule has 1 aliphatic heterocycles. The van der Waals surface area contributed by atoms with Gasteiger partial charge in [0.05, 0.1) is 7.11 Å². The Hall–Kier alpha value is -2.50. The van der Waals surface area contributed by atoms with Crippen molar-refractivity contribution in [1.29, 1.82) is 0 Å². The van der Waals surface area contributed by atoms with Gasteiger partial charge in [0, 0.05) is 44.5 Å². The molecule has 0 spiro atoms. The average molecular weight is 368 g/mol. The molecule has 1 N–H and O–H groups in total. The number of rotatable bonds is 6. The molecule has 0 bridgehead atoms. The van der Waals surface area contributed by atoms with E-state index in [1.165, 1.54) is 12.8 Å². The highest BCUT2D eigenvalue weighted by Gasteiger charge is 2.29. The Labute approximate surface area is 160 Å². The van der Waals surface area contributed by atoms with Gasteiger partial charge in [0.1, 0.15) is 11.6 Å². The average Bonchev–Trinajstić information content (AvgIpc) is 3.41. The van der Waals surface area contributed by atoms with Crippen molar-refractivity contribution in [3.05, 3.63) is 48.0 Å². The summed E-state index contributed by atoms with van der Waals surface area (Å²) >= 11 is 0. The zero-order chi connectivity index (χ0) is 18.6. The summed E-state index contributed by atoms with van der Waals surface area (Å²) in [4.78, 5) is 19.2. The standard InChI is InChI=1S/C21H28N4O2/c1-27-19-8-6-16(7-9-19)13-23-21(26)25-11-2-3-18(15-25)20-22-10-12-24(20)14-17-4-5-17/h6-10,12,17-18H,2-5,11,13-15H2,1H3,(H,23,26)/t18-/m0/s1. The van der Waals surface area contributed by atoms with E-state index in [0.29, 0.717) is 12.5 Å². The molecular weight excluding hydrogens is 340 g/mol. The molecule has 1 aromatic carbocycles. The Morgan fingerprint density at radius 1 is 1.26 bits per heavy atom. The van der Waals surface area contributed by atoms with Crippen LogP contribution < -0.4 is 10.1 Å². The number of hydrogen-bond acceptors (Lipinski definition) is 3. The molecule has 1 aliphatic carbocycles. The molecule has 2 aliphatic rings. The number of methoxy groups -OCH3 is 1. The fourth-order valence-corrected chi connectivity index (χ4v) is 3.82. The molecule has 2 heterocycles. The Bertz CT molecular complexity index is 767. The molecule has 6 nitrogen and oxygen atoms in total. The van der Waals surface area contributed by atoms with Gasteiger partial charge in [-0.1, -0.05) is 12.1 Å². The normalized spacial score (nSPS) is 19.7. The quantitative estimate of drug-likeness (QED) is 0.850. The van der Waals surface area contributed by atoms with Gasteiger partial charge in [0.15, 0.2) is 0 Å². The SMILES string of the molecule is COc1ccc(CNC(=O)N2CCC[C@H](c3nccn3CC3CC3)C2)cc1. The second-order valence-corrected chi connectivity index (χ2v) is 7.67. The predicted octanol–water partition coefficient (Wildman–Crippen LogP) is 3.39. The van der Waals surface area contributed by atoms with Crippen LogP contribution in [0.3, 0.4) is 0 Å². The molecule has 27 heavy (non-hydrogen) atoms. The lowest BCUT2D eigenvalue weighted by atomic mass is 9.97. The van der Waals surface area contributed by atoms with E-state index in [4.69, 9.17) is 4.74 Å². The first-order valence-electron chi connectivity index (χ1n) is 9.89. The van der Waals surface area contributed by atoms with E-state index in [1.807, 2.05) is 35.4 Å². The van der Waals surface area contributed by atoms with Gasteiger partial charge in [-0.05, 0) is 49.3 Å². The molecule has 0 radical (unpaired) electrons. The number of nitrogens with zero attached hydrogens (tertiary/aromatic N) is 3. The summed E-state index contributed by atoms with van der Waals surface area (Å²) in [7, 11) is 1.65. The summed E-state index contributed by atoms with van der Waals surface area (Å²) in [6, 6.07) is 7.80. The van der Waals surface area contributed by atoms with Crippen molar-refractivity contribution in [2.24, 2.45) is 5.92 Å². The Kier molecular flexibility index (Phi) is 5.32. The van der Waals surface area contributed by atoms with Gasteiger partial charge < -0.3 is 19.5 Å². The third-order valence-electron chi connectivity index (χ3n) is 5.58. The van der Waals surface area contributed by atoms with Crippen molar-refractivity contribution < 1.29 is 9.53 Å². The van der Waals surface area contributed by atoms with Gasteiger partial charge in [-0.15, -0.1) is 0 Å². The molecule has 0 unspecified atom stereocenters. The molecule has 1 saturated heterocycles. The Balaban J connectivity index is 1.33. The van der Waals surface area contributed by atoms with Gasteiger partial charge in [0.2, 0.25) is 0 Å². The number of urea groups is 1. The largest absolute Gasteiger partial charge is 0.497 e. The van der Waals surface area contributed by atoms with E-state index in [-0.39, 0.29) is 6.03 Å². The van der Waals surface area contributed by atoms with Crippen molar-refractivity contribution in [2.75, 3.05) is 20.2 Å². The lowest BCUT2D eigenvalue weighted by Gasteiger charge is -2.32. The van der Waals surface area contributed by atoms with Crippen LogP contribution in [0.4, 0.5) is 4.79 Å². The molecule has 1 atom stereocenters. The van der Waals surface area contributed by atoms with E-state index in [0.717, 1.165) is 55.5 Å². The maximum Gasteiger partial charge on any atom is 0.317 e. The Morgan fingerprint density at radius 3 is 2.81 bits per heavy atom. The summed E-state index contributed by atoms with van der Waals surface area (Å²) in [6.07, 6.45) is 8.79. The summed E-state index contributed by atoms with van der Waals surface area (Å²) in [5, 5.41) is 3.05. The van der Waals surface area contributed by atoms with E-state index >= 15 is 0 Å². The molecule has 4 rings (SSSR count). The summed E-state index contributed by atoms with van der Waals surface area (Å²) in [5.74, 6) is 3.13. The fourth-order valence-electron chi connectivity index (χ4n) is 3.82. The van der Waals surface area contributed by atoms with Crippen LogP contribution in [0.25, 0.3) is 0 Å². The van der Waals surface area contributed by atoms with Crippen LogP contribution in [0.2, 0.25) is 0 Å². The Morgan fingerprint density at radius 2 is 2.07 bits per heavy atom. The predicted molar refractivity (Wildman–Crippen MR) is 104 cm³/mol.